The number of benzene rings is 1. The molecule has 0 fully saturated rings. The van der Waals surface area contributed by atoms with Crippen molar-refractivity contribution in [2.45, 2.75) is 6.92 Å². The Morgan fingerprint density at radius 3 is 2.54 bits per heavy atom. The molecule has 3 N–H and O–H groups in total. The molecular formula is C10H15NO2. The predicted molar refractivity (Wildman–Crippen MR) is 51.8 cm³/mol. The first kappa shape index (κ1) is 9.86. The second kappa shape index (κ2) is 4.72. The summed E-state index contributed by atoms with van der Waals surface area (Å²) in [7, 11) is 0. The van der Waals surface area contributed by atoms with Crippen LogP contribution in [0.1, 0.15) is 6.92 Å². The van der Waals surface area contributed by atoms with Gasteiger partial charge in [0.05, 0.1) is 6.61 Å². The fraction of sp³-hybridized carbons (Fsp3) is 0.400. The van der Waals surface area contributed by atoms with Gasteiger partial charge in [0.2, 0.25) is 0 Å². The molecule has 1 atom stereocenters. The highest BCUT2D eigenvalue weighted by molar-refractivity contribution is 5.29. The van der Waals surface area contributed by atoms with Gasteiger partial charge in [0.15, 0.2) is 0 Å². The third-order valence-electron chi connectivity index (χ3n) is 1.77. The highest BCUT2D eigenvalue weighted by Gasteiger charge is 1.99. The van der Waals surface area contributed by atoms with Gasteiger partial charge in [-0.2, -0.15) is 0 Å². The van der Waals surface area contributed by atoms with Gasteiger partial charge in [-0.25, -0.2) is 0 Å². The van der Waals surface area contributed by atoms with Crippen LogP contribution in [0.15, 0.2) is 24.3 Å². The average Bonchev–Trinajstić information content (AvgIpc) is 2.16. The molecule has 0 amide bonds. The SMILES string of the molecule is CC(CN)COc1ccc(O)cc1. The lowest BCUT2D eigenvalue weighted by molar-refractivity contribution is 0.263. The molecule has 1 unspecified atom stereocenters. The monoisotopic (exact) mass is 181 g/mol. The number of hydrogen-bond acceptors (Lipinski definition) is 3. The van der Waals surface area contributed by atoms with E-state index in [1.165, 1.54) is 0 Å². The summed E-state index contributed by atoms with van der Waals surface area (Å²) in [4.78, 5) is 0. The van der Waals surface area contributed by atoms with Gasteiger partial charge in [-0.15, -0.1) is 0 Å². The van der Waals surface area contributed by atoms with Crippen LogP contribution < -0.4 is 10.5 Å². The van der Waals surface area contributed by atoms with Crippen molar-refractivity contribution in [2.75, 3.05) is 13.2 Å². The lowest BCUT2D eigenvalue weighted by atomic mass is 10.2. The van der Waals surface area contributed by atoms with Crippen LogP contribution in [0, 0.1) is 5.92 Å². The van der Waals surface area contributed by atoms with E-state index in [1.807, 2.05) is 6.92 Å². The number of phenols is 1. The van der Waals surface area contributed by atoms with Gasteiger partial charge in [0, 0.05) is 5.92 Å². The molecule has 0 saturated carbocycles. The minimum atomic E-state index is 0.249. The van der Waals surface area contributed by atoms with E-state index in [0.29, 0.717) is 19.1 Å². The molecule has 1 rings (SSSR count). The fourth-order valence-electron chi connectivity index (χ4n) is 0.849. The Morgan fingerprint density at radius 2 is 2.00 bits per heavy atom. The molecule has 1 aromatic rings. The smallest absolute Gasteiger partial charge is 0.119 e. The van der Waals surface area contributed by atoms with Crippen molar-refractivity contribution in [1.82, 2.24) is 0 Å². The fourth-order valence-corrected chi connectivity index (χ4v) is 0.849. The second-order valence-corrected chi connectivity index (χ2v) is 3.15. The number of ether oxygens (including phenoxy) is 1. The van der Waals surface area contributed by atoms with E-state index in [2.05, 4.69) is 0 Å². The minimum absolute atomic E-state index is 0.249. The van der Waals surface area contributed by atoms with Gasteiger partial charge >= 0.3 is 0 Å². The number of rotatable bonds is 4. The van der Waals surface area contributed by atoms with Crippen LogP contribution in [0.2, 0.25) is 0 Å². The predicted octanol–water partition coefficient (Wildman–Crippen LogP) is 1.37. The van der Waals surface area contributed by atoms with Crippen molar-refractivity contribution in [1.29, 1.82) is 0 Å². The number of nitrogens with two attached hydrogens (primary N) is 1. The number of phenolic OH excluding ortho intramolecular Hbond substituents is 1. The molecule has 3 nitrogen and oxygen atoms in total. The molecule has 0 bridgehead atoms. The molecule has 3 heteroatoms. The average molecular weight is 181 g/mol. The molecule has 0 saturated heterocycles. The van der Waals surface area contributed by atoms with Gasteiger partial charge < -0.3 is 15.6 Å². The van der Waals surface area contributed by atoms with Gasteiger partial charge in [-0.05, 0) is 30.8 Å². The Bertz CT molecular complexity index is 246. The summed E-state index contributed by atoms with van der Waals surface area (Å²) in [6, 6.07) is 6.67. The second-order valence-electron chi connectivity index (χ2n) is 3.15. The van der Waals surface area contributed by atoms with Crippen LogP contribution >= 0.6 is 0 Å². The quantitative estimate of drug-likeness (QED) is 0.737. The first-order valence-electron chi connectivity index (χ1n) is 4.34. The van der Waals surface area contributed by atoms with Crippen LogP contribution in [0.5, 0.6) is 11.5 Å². The number of hydrogen-bond donors (Lipinski definition) is 2. The largest absolute Gasteiger partial charge is 0.508 e. The summed E-state index contributed by atoms with van der Waals surface area (Å²) in [5, 5.41) is 9.00. The maximum atomic E-state index is 9.00. The summed E-state index contributed by atoms with van der Waals surface area (Å²) < 4.78 is 5.42. The highest BCUT2D eigenvalue weighted by atomic mass is 16.5. The van der Waals surface area contributed by atoms with Gasteiger partial charge in [0.25, 0.3) is 0 Å². The standard InChI is InChI=1S/C10H15NO2/c1-8(6-11)7-13-10-4-2-9(12)3-5-10/h2-5,8,12H,6-7,11H2,1H3. The molecule has 13 heavy (non-hydrogen) atoms. The van der Waals surface area contributed by atoms with Gasteiger partial charge in [-0.1, -0.05) is 6.92 Å². The lowest BCUT2D eigenvalue weighted by Gasteiger charge is -2.10. The first-order chi connectivity index (χ1) is 6.22. The minimum Gasteiger partial charge on any atom is -0.508 e. The molecule has 0 spiro atoms. The van der Waals surface area contributed by atoms with Crippen molar-refractivity contribution in [3.8, 4) is 11.5 Å². The summed E-state index contributed by atoms with van der Waals surface area (Å²) >= 11 is 0. The van der Waals surface area contributed by atoms with E-state index >= 15 is 0 Å². The molecule has 72 valence electrons. The van der Waals surface area contributed by atoms with Crippen LogP contribution in [0.25, 0.3) is 0 Å². The van der Waals surface area contributed by atoms with E-state index < -0.39 is 0 Å². The van der Waals surface area contributed by atoms with Crippen molar-refractivity contribution in [3.63, 3.8) is 0 Å². The summed E-state index contributed by atoms with van der Waals surface area (Å²) in [5.74, 6) is 1.37. The van der Waals surface area contributed by atoms with Gasteiger partial charge in [0.1, 0.15) is 11.5 Å². The van der Waals surface area contributed by atoms with Crippen molar-refractivity contribution < 1.29 is 9.84 Å². The third kappa shape index (κ3) is 3.34. The number of aromatic hydroxyl groups is 1. The van der Waals surface area contributed by atoms with Crippen LogP contribution in [0.4, 0.5) is 0 Å². The Morgan fingerprint density at radius 1 is 1.38 bits per heavy atom. The maximum absolute atomic E-state index is 9.00. The lowest BCUT2D eigenvalue weighted by Crippen LogP contribution is -2.18. The van der Waals surface area contributed by atoms with E-state index in [9.17, 15) is 0 Å². The molecule has 0 aliphatic carbocycles. The van der Waals surface area contributed by atoms with Crippen molar-refractivity contribution >= 4 is 0 Å². The molecule has 0 aliphatic rings. The Labute approximate surface area is 78.1 Å². The van der Waals surface area contributed by atoms with Crippen molar-refractivity contribution in [2.24, 2.45) is 11.7 Å². The molecule has 0 aromatic heterocycles. The Hall–Kier alpha value is -1.22. The normalized spacial score (nSPS) is 12.5. The zero-order chi connectivity index (χ0) is 9.68. The van der Waals surface area contributed by atoms with Gasteiger partial charge in [-0.3, -0.25) is 0 Å². The van der Waals surface area contributed by atoms with Crippen molar-refractivity contribution in [3.05, 3.63) is 24.3 Å². The van der Waals surface area contributed by atoms with Crippen LogP contribution in [-0.4, -0.2) is 18.3 Å². The molecule has 1 aromatic carbocycles. The highest BCUT2D eigenvalue weighted by Crippen LogP contribution is 2.16. The third-order valence-corrected chi connectivity index (χ3v) is 1.77. The van der Waals surface area contributed by atoms with E-state index in [0.717, 1.165) is 5.75 Å². The molecule has 0 aliphatic heterocycles. The van der Waals surface area contributed by atoms with Crippen LogP contribution in [0.3, 0.4) is 0 Å². The van der Waals surface area contributed by atoms with E-state index in [1.54, 1.807) is 24.3 Å². The zero-order valence-electron chi connectivity index (χ0n) is 7.73. The first-order valence-corrected chi connectivity index (χ1v) is 4.34. The zero-order valence-corrected chi connectivity index (χ0v) is 7.73. The maximum Gasteiger partial charge on any atom is 0.119 e. The topological polar surface area (TPSA) is 55.5 Å². The molecular weight excluding hydrogens is 166 g/mol. The Kier molecular flexibility index (Phi) is 3.58. The molecule has 0 radical (unpaired) electrons. The summed E-state index contributed by atoms with van der Waals surface area (Å²) in [5.41, 5.74) is 5.44. The van der Waals surface area contributed by atoms with E-state index in [-0.39, 0.29) is 5.75 Å². The molecule has 0 heterocycles. The summed E-state index contributed by atoms with van der Waals surface area (Å²) in [6.45, 7) is 3.26. The Balaban J connectivity index is 2.41. The van der Waals surface area contributed by atoms with E-state index in [4.69, 9.17) is 15.6 Å². The summed E-state index contributed by atoms with van der Waals surface area (Å²) in [6.07, 6.45) is 0. The van der Waals surface area contributed by atoms with Crippen LogP contribution in [-0.2, 0) is 0 Å².